The molecule has 1 aliphatic heterocycles. The number of nitrogens with one attached hydrogen (secondary N) is 1. The van der Waals surface area contributed by atoms with Crippen LogP contribution < -0.4 is 4.72 Å². The molecular formula is C15H23N3O3S. The van der Waals surface area contributed by atoms with Crippen LogP contribution >= 0.6 is 0 Å². The smallest absolute Gasteiger partial charge is 0.253 e. The Labute approximate surface area is 132 Å². The lowest BCUT2D eigenvalue weighted by atomic mass is 10.2. The molecule has 2 rings (SSSR count). The number of carbonyl (C=O) groups is 1. The fourth-order valence-electron chi connectivity index (χ4n) is 2.39. The number of nitrogens with zero attached hydrogens (tertiary/aromatic N) is 2. The van der Waals surface area contributed by atoms with Crippen LogP contribution in [0.5, 0.6) is 0 Å². The van der Waals surface area contributed by atoms with Gasteiger partial charge in [-0.3, -0.25) is 4.79 Å². The Bertz CT molecular complexity index is 623. The second-order valence-electron chi connectivity index (χ2n) is 5.73. The van der Waals surface area contributed by atoms with Gasteiger partial charge in [-0.05, 0) is 45.1 Å². The van der Waals surface area contributed by atoms with E-state index in [1.54, 1.807) is 17.0 Å². The molecule has 1 aromatic carbocycles. The Morgan fingerprint density at radius 1 is 1.27 bits per heavy atom. The molecule has 0 bridgehead atoms. The fraction of sp³-hybridized carbons (Fsp3) is 0.533. The van der Waals surface area contributed by atoms with E-state index >= 15 is 0 Å². The molecule has 1 aromatic rings. The van der Waals surface area contributed by atoms with E-state index < -0.39 is 10.0 Å². The van der Waals surface area contributed by atoms with Crippen molar-refractivity contribution in [2.75, 3.05) is 40.3 Å². The molecule has 1 fully saturated rings. The van der Waals surface area contributed by atoms with E-state index in [0.29, 0.717) is 18.7 Å². The third-order valence-electron chi connectivity index (χ3n) is 3.64. The summed E-state index contributed by atoms with van der Waals surface area (Å²) >= 11 is 0. The summed E-state index contributed by atoms with van der Waals surface area (Å²) in [7, 11) is 0.174. The molecule has 0 aromatic heterocycles. The second-order valence-corrected chi connectivity index (χ2v) is 7.50. The first kappa shape index (κ1) is 16.9. The zero-order chi connectivity index (χ0) is 16.2. The van der Waals surface area contributed by atoms with Crippen LogP contribution in [0.4, 0.5) is 0 Å². The van der Waals surface area contributed by atoms with Gasteiger partial charge in [-0.25, -0.2) is 13.1 Å². The number of amides is 1. The van der Waals surface area contributed by atoms with Crippen LogP contribution in [0.15, 0.2) is 29.2 Å². The third-order valence-corrected chi connectivity index (χ3v) is 5.09. The maximum atomic E-state index is 12.3. The number of likely N-dealkylation sites (N-methyl/N-ethyl adjacent to an activating group) is 1. The van der Waals surface area contributed by atoms with Gasteiger partial charge in [0.2, 0.25) is 10.0 Å². The summed E-state index contributed by atoms with van der Waals surface area (Å²) in [5.74, 6) is -0.0946. The van der Waals surface area contributed by atoms with Gasteiger partial charge in [0, 0.05) is 31.7 Å². The lowest BCUT2D eigenvalue weighted by molar-refractivity contribution is 0.0792. The number of carbonyl (C=O) groups excluding carboxylic acids is 1. The quantitative estimate of drug-likeness (QED) is 0.838. The highest BCUT2D eigenvalue weighted by Gasteiger charge is 2.21. The highest BCUT2D eigenvalue weighted by atomic mass is 32.2. The Morgan fingerprint density at radius 2 is 1.95 bits per heavy atom. The Hall–Kier alpha value is -1.44. The largest absolute Gasteiger partial charge is 0.339 e. The minimum absolute atomic E-state index is 0.0946. The van der Waals surface area contributed by atoms with E-state index in [4.69, 9.17) is 0 Å². The molecule has 122 valence electrons. The zero-order valence-electron chi connectivity index (χ0n) is 13.1. The van der Waals surface area contributed by atoms with Gasteiger partial charge in [0.15, 0.2) is 0 Å². The monoisotopic (exact) mass is 325 g/mol. The van der Waals surface area contributed by atoms with E-state index in [1.807, 2.05) is 19.0 Å². The Morgan fingerprint density at radius 3 is 2.59 bits per heavy atom. The maximum absolute atomic E-state index is 12.3. The molecule has 0 spiro atoms. The molecule has 0 unspecified atom stereocenters. The van der Waals surface area contributed by atoms with E-state index in [2.05, 4.69) is 4.72 Å². The number of likely N-dealkylation sites (tertiary alicyclic amines) is 1. The van der Waals surface area contributed by atoms with E-state index in [9.17, 15) is 13.2 Å². The van der Waals surface area contributed by atoms with Crippen LogP contribution in [-0.2, 0) is 10.0 Å². The first-order valence-electron chi connectivity index (χ1n) is 7.44. The molecule has 6 nitrogen and oxygen atoms in total. The van der Waals surface area contributed by atoms with Crippen LogP contribution in [0.1, 0.15) is 23.2 Å². The maximum Gasteiger partial charge on any atom is 0.253 e. The molecule has 1 aliphatic rings. The number of hydrogen-bond acceptors (Lipinski definition) is 4. The highest BCUT2D eigenvalue weighted by molar-refractivity contribution is 7.89. The van der Waals surface area contributed by atoms with Gasteiger partial charge >= 0.3 is 0 Å². The normalized spacial score (nSPS) is 15.5. The number of sulfonamides is 1. The molecule has 7 heteroatoms. The van der Waals surface area contributed by atoms with Crippen LogP contribution in [0.3, 0.4) is 0 Å². The van der Waals surface area contributed by atoms with E-state index in [-0.39, 0.29) is 10.8 Å². The minimum atomic E-state index is -3.58. The fourth-order valence-corrected chi connectivity index (χ4v) is 3.45. The van der Waals surface area contributed by atoms with Gasteiger partial charge in [-0.15, -0.1) is 0 Å². The second kappa shape index (κ2) is 7.21. The van der Waals surface area contributed by atoms with Crippen molar-refractivity contribution in [1.29, 1.82) is 0 Å². The molecule has 1 saturated heterocycles. The average molecular weight is 325 g/mol. The summed E-state index contributed by atoms with van der Waals surface area (Å²) in [6, 6.07) is 6.25. The summed E-state index contributed by atoms with van der Waals surface area (Å²) in [5.41, 5.74) is 0.428. The molecule has 0 saturated carbocycles. The molecule has 0 radical (unpaired) electrons. The Kier molecular flexibility index (Phi) is 5.55. The molecule has 1 N–H and O–H groups in total. The lowest BCUT2D eigenvalue weighted by Crippen LogP contribution is -2.32. The van der Waals surface area contributed by atoms with Crippen LogP contribution in [0, 0.1) is 0 Å². The molecule has 0 aliphatic carbocycles. The van der Waals surface area contributed by atoms with Gasteiger partial charge in [0.25, 0.3) is 5.91 Å². The number of hydrogen-bond donors (Lipinski definition) is 1. The lowest BCUT2D eigenvalue weighted by Gasteiger charge is -2.16. The molecule has 1 amide bonds. The Balaban J connectivity index is 2.11. The standard InChI is InChI=1S/C15H23N3O3S/c1-17(2)11-8-16-22(20,21)14-7-5-6-13(12-14)15(19)18-9-3-4-10-18/h5-7,12,16H,3-4,8-11H2,1-2H3. The third kappa shape index (κ3) is 4.28. The SMILES string of the molecule is CN(C)CCNS(=O)(=O)c1cccc(C(=O)N2CCCC2)c1. The van der Waals surface area contributed by atoms with Gasteiger partial charge in [-0.2, -0.15) is 0 Å². The highest BCUT2D eigenvalue weighted by Crippen LogP contribution is 2.16. The predicted molar refractivity (Wildman–Crippen MR) is 85.3 cm³/mol. The van der Waals surface area contributed by atoms with Gasteiger partial charge in [0.1, 0.15) is 0 Å². The number of benzene rings is 1. The van der Waals surface area contributed by atoms with Crippen molar-refractivity contribution in [1.82, 2.24) is 14.5 Å². The van der Waals surface area contributed by atoms with Crippen molar-refractivity contribution in [3.8, 4) is 0 Å². The van der Waals surface area contributed by atoms with Crippen molar-refractivity contribution >= 4 is 15.9 Å². The summed E-state index contributed by atoms with van der Waals surface area (Å²) < 4.78 is 27.1. The minimum Gasteiger partial charge on any atom is -0.339 e. The van der Waals surface area contributed by atoms with Crippen molar-refractivity contribution in [2.24, 2.45) is 0 Å². The zero-order valence-corrected chi connectivity index (χ0v) is 13.9. The number of rotatable bonds is 6. The average Bonchev–Trinajstić information content (AvgIpc) is 3.00. The van der Waals surface area contributed by atoms with Crippen molar-refractivity contribution in [3.05, 3.63) is 29.8 Å². The molecule has 1 heterocycles. The molecular weight excluding hydrogens is 302 g/mol. The summed E-state index contributed by atoms with van der Waals surface area (Å²) in [6.45, 7) is 2.44. The van der Waals surface area contributed by atoms with Gasteiger partial charge < -0.3 is 9.80 Å². The molecule has 0 atom stereocenters. The summed E-state index contributed by atoms with van der Waals surface area (Å²) in [4.78, 5) is 16.1. The van der Waals surface area contributed by atoms with Gasteiger partial charge in [0.05, 0.1) is 4.90 Å². The first-order valence-corrected chi connectivity index (χ1v) is 8.92. The topological polar surface area (TPSA) is 69.7 Å². The first-order chi connectivity index (χ1) is 10.4. The molecule has 22 heavy (non-hydrogen) atoms. The van der Waals surface area contributed by atoms with Crippen molar-refractivity contribution in [2.45, 2.75) is 17.7 Å². The van der Waals surface area contributed by atoms with Crippen molar-refractivity contribution in [3.63, 3.8) is 0 Å². The predicted octanol–water partition coefficient (Wildman–Crippen LogP) is 0.762. The van der Waals surface area contributed by atoms with E-state index in [0.717, 1.165) is 25.9 Å². The van der Waals surface area contributed by atoms with Crippen LogP contribution in [0.2, 0.25) is 0 Å². The van der Waals surface area contributed by atoms with Crippen LogP contribution in [0.25, 0.3) is 0 Å². The van der Waals surface area contributed by atoms with Crippen LogP contribution in [-0.4, -0.2) is 64.4 Å². The van der Waals surface area contributed by atoms with Crippen molar-refractivity contribution < 1.29 is 13.2 Å². The summed E-state index contributed by atoms with van der Waals surface area (Å²) in [5, 5.41) is 0. The van der Waals surface area contributed by atoms with E-state index in [1.165, 1.54) is 12.1 Å². The summed E-state index contributed by atoms with van der Waals surface area (Å²) in [6.07, 6.45) is 2.02. The van der Waals surface area contributed by atoms with Gasteiger partial charge in [-0.1, -0.05) is 6.07 Å².